The molecule has 35 heavy (non-hydrogen) atoms. The molecular formula is C26H31N5O4. The highest BCUT2D eigenvalue weighted by Crippen LogP contribution is 2.38. The largest absolute Gasteiger partial charge is 0.466 e. The molecule has 2 aliphatic heterocycles. The number of carbonyl (C=O) groups is 2. The van der Waals surface area contributed by atoms with Crippen molar-refractivity contribution in [2.45, 2.75) is 46.0 Å². The van der Waals surface area contributed by atoms with E-state index in [1.54, 1.807) is 6.92 Å². The number of piperidine rings is 1. The van der Waals surface area contributed by atoms with Crippen molar-refractivity contribution >= 4 is 23.6 Å². The van der Waals surface area contributed by atoms with Gasteiger partial charge in [-0.05, 0) is 43.2 Å². The summed E-state index contributed by atoms with van der Waals surface area (Å²) in [6.45, 7) is 7.48. The zero-order valence-electron chi connectivity index (χ0n) is 20.3. The van der Waals surface area contributed by atoms with Crippen LogP contribution in [0.2, 0.25) is 0 Å². The number of carbonyl (C=O) groups excluding carboxylic acids is 2. The van der Waals surface area contributed by atoms with Crippen molar-refractivity contribution < 1.29 is 14.3 Å². The van der Waals surface area contributed by atoms with Gasteiger partial charge in [0, 0.05) is 19.0 Å². The molecule has 0 aliphatic carbocycles. The summed E-state index contributed by atoms with van der Waals surface area (Å²) in [5.41, 5.74) is 1.80. The van der Waals surface area contributed by atoms with Gasteiger partial charge in [-0.15, -0.1) is 0 Å². The van der Waals surface area contributed by atoms with E-state index in [9.17, 15) is 19.6 Å². The van der Waals surface area contributed by atoms with E-state index in [4.69, 9.17) is 4.74 Å². The Labute approximate surface area is 204 Å². The number of ether oxygens (including phenoxy) is 1. The van der Waals surface area contributed by atoms with E-state index in [-0.39, 0.29) is 28.8 Å². The van der Waals surface area contributed by atoms with E-state index in [2.05, 4.69) is 35.2 Å². The van der Waals surface area contributed by atoms with Crippen molar-refractivity contribution in [2.75, 3.05) is 29.9 Å². The molecule has 1 aromatic carbocycles. The van der Waals surface area contributed by atoms with Gasteiger partial charge < -0.3 is 15.0 Å². The fourth-order valence-corrected chi connectivity index (χ4v) is 4.93. The van der Waals surface area contributed by atoms with Gasteiger partial charge in [-0.1, -0.05) is 38.1 Å². The second kappa shape index (κ2) is 10.3. The SMILES string of the molecule is CCOC(=O)C1CCN(c2nc3c(c(=O)[nH]2)C(c2ccc(CC(C)C)cc2)C(C#N)C(=O)N3)CC1. The maximum absolute atomic E-state index is 13.3. The van der Waals surface area contributed by atoms with Gasteiger partial charge in [0.15, 0.2) is 0 Å². The maximum Gasteiger partial charge on any atom is 0.309 e. The number of aromatic nitrogens is 2. The van der Waals surface area contributed by atoms with Crippen molar-refractivity contribution in [3.63, 3.8) is 0 Å². The molecule has 1 aromatic heterocycles. The number of hydrogen-bond acceptors (Lipinski definition) is 7. The van der Waals surface area contributed by atoms with E-state index in [0.717, 1.165) is 17.5 Å². The lowest BCUT2D eigenvalue weighted by Gasteiger charge is -2.33. The van der Waals surface area contributed by atoms with Crippen LogP contribution in [-0.4, -0.2) is 41.5 Å². The molecule has 1 fully saturated rings. The fourth-order valence-electron chi connectivity index (χ4n) is 4.93. The Morgan fingerprint density at radius 3 is 2.51 bits per heavy atom. The Kier molecular flexibility index (Phi) is 7.20. The zero-order valence-corrected chi connectivity index (χ0v) is 20.3. The average molecular weight is 478 g/mol. The van der Waals surface area contributed by atoms with Gasteiger partial charge in [-0.25, -0.2) is 0 Å². The molecule has 9 nitrogen and oxygen atoms in total. The Morgan fingerprint density at radius 2 is 1.91 bits per heavy atom. The summed E-state index contributed by atoms with van der Waals surface area (Å²) in [6.07, 6.45) is 2.10. The second-order valence-electron chi connectivity index (χ2n) is 9.58. The minimum absolute atomic E-state index is 0.172. The lowest BCUT2D eigenvalue weighted by Crippen LogP contribution is -2.41. The van der Waals surface area contributed by atoms with Crippen LogP contribution >= 0.6 is 0 Å². The van der Waals surface area contributed by atoms with E-state index in [1.165, 1.54) is 0 Å². The van der Waals surface area contributed by atoms with Gasteiger partial charge >= 0.3 is 5.97 Å². The first-order valence-electron chi connectivity index (χ1n) is 12.2. The molecule has 1 saturated heterocycles. The van der Waals surface area contributed by atoms with Crippen LogP contribution in [0.4, 0.5) is 11.8 Å². The normalized spacial score (nSPS) is 20.2. The van der Waals surface area contributed by atoms with E-state index in [1.807, 2.05) is 29.2 Å². The molecule has 2 atom stereocenters. The predicted octanol–water partition coefficient (Wildman–Crippen LogP) is 2.97. The van der Waals surface area contributed by atoms with Crippen LogP contribution in [0.3, 0.4) is 0 Å². The van der Waals surface area contributed by atoms with Crippen LogP contribution in [0, 0.1) is 29.1 Å². The zero-order chi connectivity index (χ0) is 25.1. The number of nitrogens with zero attached hydrogens (tertiary/aromatic N) is 3. The number of benzene rings is 1. The molecule has 2 aromatic rings. The van der Waals surface area contributed by atoms with Gasteiger partial charge in [0.1, 0.15) is 11.7 Å². The smallest absolute Gasteiger partial charge is 0.309 e. The third-order valence-electron chi connectivity index (χ3n) is 6.65. The van der Waals surface area contributed by atoms with Crippen LogP contribution < -0.4 is 15.8 Å². The lowest BCUT2D eigenvalue weighted by molar-refractivity contribution is -0.148. The van der Waals surface area contributed by atoms with Crippen LogP contribution in [-0.2, 0) is 20.7 Å². The number of nitriles is 1. The third-order valence-corrected chi connectivity index (χ3v) is 6.65. The third kappa shape index (κ3) is 5.06. The highest BCUT2D eigenvalue weighted by atomic mass is 16.5. The summed E-state index contributed by atoms with van der Waals surface area (Å²) in [7, 11) is 0. The quantitative estimate of drug-likeness (QED) is 0.612. The number of H-pyrrole nitrogens is 1. The minimum atomic E-state index is -1.03. The summed E-state index contributed by atoms with van der Waals surface area (Å²) in [5.74, 6) is -1.56. The average Bonchev–Trinajstić information content (AvgIpc) is 2.83. The van der Waals surface area contributed by atoms with E-state index < -0.39 is 17.7 Å². The van der Waals surface area contributed by atoms with Crippen molar-refractivity contribution in [2.24, 2.45) is 17.8 Å². The summed E-state index contributed by atoms with van der Waals surface area (Å²) in [4.78, 5) is 47.5. The lowest BCUT2D eigenvalue weighted by atomic mass is 9.79. The molecule has 0 bridgehead atoms. The number of aromatic amines is 1. The molecule has 1 amide bonds. The summed E-state index contributed by atoms with van der Waals surface area (Å²) < 4.78 is 5.12. The molecule has 2 aliphatic rings. The topological polar surface area (TPSA) is 128 Å². The number of esters is 1. The molecule has 0 spiro atoms. The number of nitrogens with one attached hydrogen (secondary N) is 2. The Morgan fingerprint density at radius 1 is 1.23 bits per heavy atom. The monoisotopic (exact) mass is 477 g/mol. The van der Waals surface area contributed by atoms with Crippen LogP contribution in [0.1, 0.15) is 56.2 Å². The molecule has 2 unspecified atom stereocenters. The Hall–Kier alpha value is -3.67. The van der Waals surface area contributed by atoms with Gasteiger partial charge in [0.25, 0.3) is 5.56 Å². The first-order chi connectivity index (χ1) is 16.8. The predicted molar refractivity (Wildman–Crippen MR) is 131 cm³/mol. The minimum Gasteiger partial charge on any atom is -0.466 e. The van der Waals surface area contributed by atoms with E-state index >= 15 is 0 Å². The molecule has 2 N–H and O–H groups in total. The summed E-state index contributed by atoms with van der Waals surface area (Å²) >= 11 is 0. The second-order valence-corrected chi connectivity index (χ2v) is 9.58. The molecule has 0 saturated carbocycles. The fraction of sp³-hybridized carbons (Fsp3) is 0.500. The number of anilines is 2. The van der Waals surface area contributed by atoms with E-state index in [0.29, 0.717) is 44.4 Å². The summed E-state index contributed by atoms with van der Waals surface area (Å²) in [5, 5.41) is 12.4. The van der Waals surface area contributed by atoms with Crippen LogP contribution in [0.15, 0.2) is 29.1 Å². The van der Waals surface area contributed by atoms with Crippen molar-refractivity contribution in [3.05, 3.63) is 51.3 Å². The highest BCUT2D eigenvalue weighted by Gasteiger charge is 2.40. The van der Waals surface area contributed by atoms with Gasteiger partial charge in [-0.2, -0.15) is 10.2 Å². The van der Waals surface area contributed by atoms with Gasteiger partial charge in [-0.3, -0.25) is 19.4 Å². The standard InChI is InChI=1S/C26H31N5O4/c1-4-35-25(34)18-9-11-31(12-10-18)26-29-22-21(24(33)30-26)20(19(14-27)23(32)28-22)17-7-5-16(6-8-17)13-15(2)3/h5-8,15,18-20H,4,9-13H2,1-3H3,(H2,28,29,30,32,33). The van der Waals surface area contributed by atoms with Gasteiger partial charge in [0.2, 0.25) is 11.9 Å². The maximum atomic E-state index is 13.3. The molecule has 3 heterocycles. The first kappa shape index (κ1) is 24.5. The summed E-state index contributed by atoms with van der Waals surface area (Å²) in [6, 6.07) is 9.83. The number of rotatable bonds is 6. The molecule has 4 rings (SSSR count). The number of fused-ring (bicyclic) bond motifs is 1. The Balaban J connectivity index is 1.63. The van der Waals surface area contributed by atoms with Crippen molar-refractivity contribution in [1.82, 2.24) is 9.97 Å². The first-order valence-corrected chi connectivity index (χ1v) is 12.2. The van der Waals surface area contributed by atoms with Crippen LogP contribution in [0.5, 0.6) is 0 Å². The molecule has 184 valence electrons. The molecule has 0 radical (unpaired) electrons. The molecular weight excluding hydrogens is 446 g/mol. The van der Waals surface area contributed by atoms with Crippen molar-refractivity contribution in [3.8, 4) is 6.07 Å². The van der Waals surface area contributed by atoms with Gasteiger partial charge in [0.05, 0.1) is 24.2 Å². The number of amides is 1. The highest BCUT2D eigenvalue weighted by molar-refractivity contribution is 5.98. The number of hydrogen-bond donors (Lipinski definition) is 2. The van der Waals surface area contributed by atoms with Crippen molar-refractivity contribution in [1.29, 1.82) is 5.26 Å². The van der Waals surface area contributed by atoms with Crippen LogP contribution in [0.25, 0.3) is 0 Å². The molecule has 9 heteroatoms. The Bertz CT molecular complexity index is 1190.